The Morgan fingerprint density at radius 3 is 2.41 bits per heavy atom. The van der Waals surface area contributed by atoms with Gasteiger partial charge in [-0.3, -0.25) is 4.90 Å². The predicted molar refractivity (Wildman–Crippen MR) is 90.9 cm³/mol. The summed E-state index contributed by atoms with van der Waals surface area (Å²) in [5.74, 6) is 1.59. The van der Waals surface area contributed by atoms with Gasteiger partial charge in [0.05, 0.1) is 14.2 Å². The molecule has 1 unspecified atom stereocenters. The molecule has 1 heterocycles. The Hall–Kier alpha value is -1.26. The van der Waals surface area contributed by atoms with E-state index in [1.807, 2.05) is 6.07 Å². The molecule has 0 amide bonds. The van der Waals surface area contributed by atoms with Crippen molar-refractivity contribution in [2.75, 3.05) is 47.4 Å². The van der Waals surface area contributed by atoms with Crippen molar-refractivity contribution in [1.82, 2.24) is 9.80 Å². The van der Waals surface area contributed by atoms with E-state index in [1.54, 1.807) is 14.2 Å². The van der Waals surface area contributed by atoms with Gasteiger partial charge in [-0.15, -0.1) is 0 Å². The van der Waals surface area contributed by atoms with Crippen LogP contribution in [0.25, 0.3) is 0 Å². The van der Waals surface area contributed by atoms with Crippen LogP contribution in [-0.4, -0.2) is 57.2 Å². The monoisotopic (exact) mass is 306 g/mol. The molecule has 0 saturated carbocycles. The highest BCUT2D eigenvalue weighted by molar-refractivity contribution is 5.43. The molecule has 0 spiro atoms. The smallest absolute Gasteiger partial charge is 0.161 e. The van der Waals surface area contributed by atoms with Gasteiger partial charge in [-0.2, -0.15) is 0 Å². The van der Waals surface area contributed by atoms with Crippen LogP contribution in [0.3, 0.4) is 0 Å². The van der Waals surface area contributed by atoms with E-state index in [0.717, 1.165) is 24.6 Å². The van der Waals surface area contributed by atoms with Crippen molar-refractivity contribution in [1.29, 1.82) is 0 Å². The topological polar surface area (TPSA) is 24.9 Å². The van der Waals surface area contributed by atoms with Gasteiger partial charge < -0.3 is 14.4 Å². The molecule has 0 bridgehead atoms. The first kappa shape index (κ1) is 17.1. The SMILES string of the molecule is COc1ccc(C(C)N(C)CCN2CCCCC2)cc1OC. The molecular weight excluding hydrogens is 276 g/mol. The Morgan fingerprint density at radius 1 is 1.09 bits per heavy atom. The first-order valence-corrected chi connectivity index (χ1v) is 8.30. The summed E-state index contributed by atoms with van der Waals surface area (Å²) < 4.78 is 10.7. The Balaban J connectivity index is 1.93. The zero-order valence-corrected chi connectivity index (χ0v) is 14.5. The standard InChI is InChI=1S/C18H30N2O2/c1-15(16-8-9-17(21-3)18(14-16)22-4)19(2)12-13-20-10-6-5-7-11-20/h8-9,14-15H,5-7,10-13H2,1-4H3. The maximum absolute atomic E-state index is 5.41. The van der Waals surface area contributed by atoms with E-state index >= 15 is 0 Å². The summed E-state index contributed by atoms with van der Waals surface area (Å²) in [4.78, 5) is 5.00. The quantitative estimate of drug-likeness (QED) is 0.772. The molecule has 0 aromatic heterocycles. The lowest BCUT2D eigenvalue weighted by atomic mass is 10.1. The summed E-state index contributed by atoms with van der Waals surface area (Å²) in [7, 11) is 5.56. The number of hydrogen-bond donors (Lipinski definition) is 0. The van der Waals surface area contributed by atoms with E-state index in [0.29, 0.717) is 6.04 Å². The van der Waals surface area contributed by atoms with E-state index in [9.17, 15) is 0 Å². The predicted octanol–water partition coefficient (Wildman–Crippen LogP) is 3.18. The van der Waals surface area contributed by atoms with Gasteiger partial charge in [0.15, 0.2) is 11.5 Å². The van der Waals surface area contributed by atoms with Crippen molar-refractivity contribution in [3.8, 4) is 11.5 Å². The molecule has 1 aliphatic heterocycles. The van der Waals surface area contributed by atoms with Crippen molar-refractivity contribution >= 4 is 0 Å². The molecule has 1 saturated heterocycles. The summed E-state index contributed by atoms with van der Waals surface area (Å²) in [6, 6.07) is 6.57. The average Bonchev–Trinajstić information content (AvgIpc) is 2.59. The molecule has 1 aromatic carbocycles. The van der Waals surface area contributed by atoms with Crippen LogP contribution in [0.5, 0.6) is 11.5 Å². The van der Waals surface area contributed by atoms with Crippen LogP contribution in [0.1, 0.15) is 37.8 Å². The van der Waals surface area contributed by atoms with Crippen LogP contribution in [0.4, 0.5) is 0 Å². The number of methoxy groups -OCH3 is 2. The van der Waals surface area contributed by atoms with E-state index in [1.165, 1.54) is 37.9 Å². The van der Waals surface area contributed by atoms with Gasteiger partial charge in [0.25, 0.3) is 0 Å². The fourth-order valence-electron chi connectivity index (χ4n) is 3.04. The number of nitrogens with zero attached hydrogens (tertiary/aromatic N) is 2. The van der Waals surface area contributed by atoms with Crippen LogP contribution in [0.2, 0.25) is 0 Å². The van der Waals surface area contributed by atoms with Crippen LogP contribution in [0.15, 0.2) is 18.2 Å². The second-order valence-corrected chi connectivity index (χ2v) is 6.17. The first-order chi connectivity index (χ1) is 10.7. The summed E-state index contributed by atoms with van der Waals surface area (Å²) in [5, 5.41) is 0. The average molecular weight is 306 g/mol. The third-order valence-corrected chi connectivity index (χ3v) is 4.77. The molecule has 1 atom stereocenters. The van der Waals surface area contributed by atoms with Gasteiger partial charge in [0.1, 0.15) is 0 Å². The third kappa shape index (κ3) is 4.37. The van der Waals surface area contributed by atoms with Crippen molar-refractivity contribution < 1.29 is 9.47 Å². The molecule has 0 N–H and O–H groups in total. The zero-order valence-electron chi connectivity index (χ0n) is 14.5. The number of rotatable bonds is 7. The maximum atomic E-state index is 5.41. The molecule has 1 aliphatic rings. The number of likely N-dealkylation sites (tertiary alicyclic amines) is 1. The number of hydrogen-bond acceptors (Lipinski definition) is 4. The minimum Gasteiger partial charge on any atom is -0.493 e. The second kappa shape index (κ2) is 8.39. The van der Waals surface area contributed by atoms with Gasteiger partial charge in [-0.1, -0.05) is 12.5 Å². The fraction of sp³-hybridized carbons (Fsp3) is 0.667. The van der Waals surface area contributed by atoms with Crippen LogP contribution < -0.4 is 9.47 Å². The number of benzene rings is 1. The molecule has 124 valence electrons. The summed E-state index contributed by atoms with van der Waals surface area (Å²) in [6.07, 6.45) is 4.11. The van der Waals surface area contributed by atoms with Crippen LogP contribution >= 0.6 is 0 Å². The molecule has 0 radical (unpaired) electrons. The fourth-order valence-corrected chi connectivity index (χ4v) is 3.04. The highest BCUT2D eigenvalue weighted by Crippen LogP contribution is 2.31. The largest absolute Gasteiger partial charge is 0.493 e. The minimum absolute atomic E-state index is 0.365. The second-order valence-electron chi connectivity index (χ2n) is 6.17. The van der Waals surface area contributed by atoms with E-state index in [2.05, 4.69) is 35.9 Å². The van der Waals surface area contributed by atoms with Gasteiger partial charge in [0.2, 0.25) is 0 Å². The Morgan fingerprint density at radius 2 is 1.77 bits per heavy atom. The van der Waals surface area contributed by atoms with Crippen molar-refractivity contribution in [2.24, 2.45) is 0 Å². The van der Waals surface area contributed by atoms with Gasteiger partial charge in [0, 0.05) is 19.1 Å². The zero-order chi connectivity index (χ0) is 15.9. The van der Waals surface area contributed by atoms with Crippen LogP contribution in [-0.2, 0) is 0 Å². The van der Waals surface area contributed by atoms with Crippen molar-refractivity contribution in [2.45, 2.75) is 32.2 Å². The van der Waals surface area contributed by atoms with Gasteiger partial charge in [-0.25, -0.2) is 0 Å². The van der Waals surface area contributed by atoms with E-state index < -0.39 is 0 Å². The summed E-state index contributed by atoms with van der Waals surface area (Å²) in [6.45, 7) is 7.03. The molecule has 1 aromatic rings. The van der Waals surface area contributed by atoms with E-state index in [-0.39, 0.29) is 0 Å². The highest BCUT2D eigenvalue weighted by Gasteiger charge is 2.16. The molecule has 2 rings (SSSR count). The highest BCUT2D eigenvalue weighted by atomic mass is 16.5. The van der Waals surface area contributed by atoms with E-state index in [4.69, 9.17) is 9.47 Å². The molecule has 1 fully saturated rings. The lowest BCUT2D eigenvalue weighted by Crippen LogP contribution is -2.37. The lowest BCUT2D eigenvalue weighted by Gasteiger charge is -2.31. The van der Waals surface area contributed by atoms with Crippen LogP contribution in [0, 0.1) is 0 Å². The molecule has 4 heteroatoms. The molecule has 0 aliphatic carbocycles. The minimum atomic E-state index is 0.365. The molecule has 4 nitrogen and oxygen atoms in total. The normalized spacial score (nSPS) is 17.5. The Kier molecular flexibility index (Phi) is 6.52. The van der Waals surface area contributed by atoms with Crippen molar-refractivity contribution in [3.63, 3.8) is 0 Å². The lowest BCUT2D eigenvalue weighted by molar-refractivity contribution is 0.176. The maximum Gasteiger partial charge on any atom is 0.161 e. The summed E-state index contributed by atoms with van der Waals surface area (Å²) in [5.41, 5.74) is 1.26. The number of ether oxygens (including phenoxy) is 2. The Bertz CT molecular complexity index is 458. The first-order valence-electron chi connectivity index (χ1n) is 8.30. The number of piperidine rings is 1. The molecular formula is C18H30N2O2. The van der Waals surface area contributed by atoms with Crippen molar-refractivity contribution in [3.05, 3.63) is 23.8 Å². The third-order valence-electron chi connectivity index (χ3n) is 4.77. The summed E-state index contributed by atoms with van der Waals surface area (Å²) >= 11 is 0. The molecule has 22 heavy (non-hydrogen) atoms. The number of likely N-dealkylation sites (N-methyl/N-ethyl adjacent to an activating group) is 1. The van der Waals surface area contributed by atoms with Gasteiger partial charge >= 0.3 is 0 Å². The van der Waals surface area contributed by atoms with Gasteiger partial charge in [-0.05, 0) is 57.6 Å². The Labute approximate surface area is 135 Å².